The number of rotatable bonds is 3. The van der Waals surface area contributed by atoms with E-state index in [-0.39, 0.29) is 27.3 Å². The molecule has 0 spiro atoms. The molecule has 3 aromatic carbocycles. The fourth-order valence-corrected chi connectivity index (χ4v) is 3.45. The van der Waals surface area contributed by atoms with E-state index in [1.807, 2.05) is 0 Å². The summed E-state index contributed by atoms with van der Waals surface area (Å²) in [5, 5.41) is 8.85. The van der Waals surface area contributed by atoms with Crippen LogP contribution in [0.15, 0.2) is 65.5 Å². The molecule has 4 aromatic rings. The van der Waals surface area contributed by atoms with Crippen molar-refractivity contribution in [1.29, 1.82) is 0 Å². The highest BCUT2D eigenvalue weighted by molar-refractivity contribution is 6.34. The SMILES string of the molecule is O=C(O)c1ccc(-n2c(=O)n(C(=O)c3c(F)cccc3Cl)c3cccc(F)c32)cc1. The van der Waals surface area contributed by atoms with Crippen molar-refractivity contribution in [3.63, 3.8) is 0 Å². The lowest BCUT2D eigenvalue weighted by molar-refractivity contribution is 0.0696. The molecule has 1 heterocycles. The largest absolute Gasteiger partial charge is 0.478 e. The van der Waals surface area contributed by atoms with E-state index in [2.05, 4.69) is 0 Å². The maximum atomic E-state index is 14.7. The Morgan fingerprint density at radius 1 is 0.900 bits per heavy atom. The first-order valence-electron chi connectivity index (χ1n) is 8.55. The van der Waals surface area contributed by atoms with E-state index in [0.29, 0.717) is 4.57 Å². The molecule has 0 saturated heterocycles. The fraction of sp³-hybridized carbons (Fsp3) is 0. The van der Waals surface area contributed by atoms with E-state index in [9.17, 15) is 23.2 Å². The number of aromatic nitrogens is 2. The molecule has 0 amide bonds. The molecule has 0 bridgehead atoms. The van der Waals surface area contributed by atoms with Gasteiger partial charge in [0.15, 0.2) is 0 Å². The number of benzene rings is 3. The lowest BCUT2D eigenvalue weighted by Crippen LogP contribution is -2.29. The second kappa shape index (κ2) is 7.23. The summed E-state index contributed by atoms with van der Waals surface area (Å²) in [5.74, 6) is -3.95. The summed E-state index contributed by atoms with van der Waals surface area (Å²) < 4.78 is 30.5. The molecule has 0 unspecified atom stereocenters. The summed E-state index contributed by atoms with van der Waals surface area (Å²) in [7, 11) is 0. The van der Waals surface area contributed by atoms with Gasteiger partial charge in [0.2, 0.25) is 0 Å². The Morgan fingerprint density at radius 2 is 1.53 bits per heavy atom. The van der Waals surface area contributed by atoms with E-state index >= 15 is 0 Å². The Morgan fingerprint density at radius 3 is 2.17 bits per heavy atom. The molecule has 4 rings (SSSR count). The van der Waals surface area contributed by atoms with Crippen molar-refractivity contribution < 1.29 is 23.5 Å². The number of fused-ring (bicyclic) bond motifs is 1. The summed E-state index contributed by atoms with van der Waals surface area (Å²) in [6.45, 7) is 0. The quantitative estimate of drug-likeness (QED) is 0.532. The van der Waals surface area contributed by atoms with Crippen LogP contribution in [-0.4, -0.2) is 26.1 Å². The van der Waals surface area contributed by atoms with Crippen molar-refractivity contribution >= 4 is 34.5 Å². The predicted octanol–water partition coefficient (Wildman–Crippen LogP) is 4.11. The van der Waals surface area contributed by atoms with Gasteiger partial charge in [0.05, 0.1) is 27.4 Å². The number of carbonyl (C=O) groups is 2. The summed E-state index contributed by atoms with van der Waals surface area (Å²) in [4.78, 5) is 37.3. The number of carboxylic acid groups (broad SMARTS) is 1. The normalized spacial score (nSPS) is 11.0. The van der Waals surface area contributed by atoms with Crippen LogP contribution in [0.5, 0.6) is 0 Å². The van der Waals surface area contributed by atoms with E-state index in [1.54, 1.807) is 0 Å². The summed E-state index contributed by atoms with van der Waals surface area (Å²) in [5.41, 5.74) is -1.69. The Kier molecular flexibility index (Phi) is 4.71. The van der Waals surface area contributed by atoms with E-state index in [4.69, 9.17) is 16.7 Å². The zero-order valence-corrected chi connectivity index (χ0v) is 15.7. The van der Waals surface area contributed by atoms with Gasteiger partial charge in [0.25, 0.3) is 5.91 Å². The summed E-state index contributed by atoms with van der Waals surface area (Å²) in [6, 6.07) is 12.5. The van der Waals surface area contributed by atoms with Crippen LogP contribution in [0, 0.1) is 11.6 Å². The second-order valence-electron chi connectivity index (χ2n) is 6.31. The van der Waals surface area contributed by atoms with Gasteiger partial charge >= 0.3 is 11.7 Å². The van der Waals surface area contributed by atoms with Crippen molar-refractivity contribution in [1.82, 2.24) is 9.13 Å². The summed E-state index contributed by atoms with van der Waals surface area (Å²) in [6.07, 6.45) is 0. The average Bonchev–Trinajstić information content (AvgIpc) is 3.01. The van der Waals surface area contributed by atoms with Gasteiger partial charge < -0.3 is 5.11 Å². The number of aromatic carboxylic acids is 1. The molecular weight excluding hydrogens is 418 g/mol. The van der Waals surface area contributed by atoms with Crippen LogP contribution in [0.25, 0.3) is 16.7 Å². The van der Waals surface area contributed by atoms with Gasteiger partial charge in [-0.1, -0.05) is 23.7 Å². The van der Waals surface area contributed by atoms with Crippen LogP contribution in [-0.2, 0) is 0 Å². The van der Waals surface area contributed by atoms with Crippen LogP contribution < -0.4 is 5.69 Å². The Bertz CT molecular complexity index is 1370. The van der Waals surface area contributed by atoms with Crippen molar-refractivity contribution in [2.75, 3.05) is 0 Å². The molecule has 6 nitrogen and oxygen atoms in total. The Hall–Kier alpha value is -3.78. The Balaban J connectivity index is 2.03. The molecule has 0 atom stereocenters. The van der Waals surface area contributed by atoms with E-state index in [1.165, 1.54) is 48.5 Å². The first-order chi connectivity index (χ1) is 14.3. The molecular formula is C21H11ClF2N2O4. The smallest absolute Gasteiger partial charge is 0.340 e. The molecule has 9 heteroatoms. The van der Waals surface area contributed by atoms with Gasteiger partial charge in [0, 0.05) is 0 Å². The maximum Gasteiger partial charge on any atom is 0.340 e. The van der Waals surface area contributed by atoms with Crippen LogP contribution in [0.1, 0.15) is 20.7 Å². The van der Waals surface area contributed by atoms with Gasteiger partial charge in [-0.2, -0.15) is 0 Å². The molecule has 1 N–H and O–H groups in total. The third-order valence-corrected chi connectivity index (χ3v) is 4.88. The molecule has 1 aromatic heterocycles. The van der Waals surface area contributed by atoms with Gasteiger partial charge in [0.1, 0.15) is 17.2 Å². The number of para-hydroxylation sites is 1. The molecule has 150 valence electrons. The zero-order chi connectivity index (χ0) is 21.6. The number of hydrogen-bond donors (Lipinski definition) is 1. The highest BCUT2D eigenvalue weighted by Gasteiger charge is 2.26. The minimum absolute atomic E-state index is 0.0368. The molecule has 0 fully saturated rings. The van der Waals surface area contributed by atoms with Gasteiger partial charge in [-0.3, -0.25) is 9.36 Å². The fourth-order valence-electron chi connectivity index (χ4n) is 3.21. The second-order valence-corrected chi connectivity index (χ2v) is 6.72. The van der Waals surface area contributed by atoms with Crippen LogP contribution in [0.3, 0.4) is 0 Å². The van der Waals surface area contributed by atoms with Crippen molar-refractivity contribution in [3.05, 3.63) is 98.9 Å². The number of carboxylic acids is 1. The van der Waals surface area contributed by atoms with Gasteiger partial charge in [-0.15, -0.1) is 0 Å². The topological polar surface area (TPSA) is 81.3 Å². The first kappa shape index (κ1) is 19.5. The molecule has 30 heavy (non-hydrogen) atoms. The number of hydrogen-bond acceptors (Lipinski definition) is 3. The van der Waals surface area contributed by atoms with Gasteiger partial charge in [-0.05, 0) is 48.5 Å². The molecule has 0 aliphatic heterocycles. The standard InChI is InChI=1S/C21H11ClF2N2O4/c22-13-3-1-4-14(23)17(13)19(27)26-16-6-2-5-15(24)18(16)25(21(26)30)12-9-7-11(8-10-12)20(28)29/h1-10H,(H,28,29). The molecule has 0 aliphatic carbocycles. The number of nitrogens with zero attached hydrogens (tertiary/aromatic N) is 2. The lowest BCUT2D eigenvalue weighted by Gasteiger charge is -2.06. The molecule has 0 radical (unpaired) electrons. The minimum Gasteiger partial charge on any atom is -0.478 e. The van der Waals surface area contributed by atoms with Crippen molar-refractivity contribution in [3.8, 4) is 5.69 Å². The first-order valence-corrected chi connectivity index (χ1v) is 8.93. The van der Waals surface area contributed by atoms with Gasteiger partial charge in [-0.25, -0.2) is 22.9 Å². The highest BCUT2D eigenvalue weighted by atomic mass is 35.5. The number of carbonyl (C=O) groups excluding carboxylic acids is 1. The number of imidazole rings is 1. The van der Waals surface area contributed by atoms with Crippen LogP contribution in [0.4, 0.5) is 8.78 Å². The van der Waals surface area contributed by atoms with Crippen molar-refractivity contribution in [2.45, 2.75) is 0 Å². The zero-order valence-electron chi connectivity index (χ0n) is 15.0. The monoisotopic (exact) mass is 428 g/mol. The minimum atomic E-state index is -1.17. The van der Waals surface area contributed by atoms with Crippen molar-refractivity contribution in [2.24, 2.45) is 0 Å². The predicted molar refractivity (Wildman–Crippen MR) is 106 cm³/mol. The van der Waals surface area contributed by atoms with E-state index < -0.39 is 34.8 Å². The molecule has 0 saturated carbocycles. The molecule has 0 aliphatic rings. The lowest BCUT2D eigenvalue weighted by atomic mass is 10.2. The average molecular weight is 429 g/mol. The van der Waals surface area contributed by atoms with Crippen LogP contribution in [0.2, 0.25) is 5.02 Å². The van der Waals surface area contributed by atoms with Crippen LogP contribution >= 0.6 is 11.6 Å². The summed E-state index contributed by atoms with van der Waals surface area (Å²) >= 11 is 5.97. The third kappa shape index (κ3) is 2.98. The highest BCUT2D eigenvalue weighted by Crippen LogP contribution is 2.25. The number of halogens is 3. The Labute approximate surface area is 172 Å². The maximum absolute atomic E-state index is 14.7. The third-order valence-electron chi connectivity index (χ3n) is 4.56. The van der Waals surface area contributed by atoms with E-state index in [0.717, 1.165) is 16.7 Å².